The Hall–Kier alpha value is -2.73. The van der Waals surface area contributed by atoms with Crippen molar-refractivity contribution < 1.29 is 13.3 Å². The minimum Gasteiger partial charge on any atom is -0.281 e. The summed E-state index contributed by atoms with van der Waals surface area (Å²) in [5, 5.41) is 20.3. The van der Waals surface area contributed by atoms with E-state index in [9.17, 15) is 23.8 Å². The van der Waals surface area contributed by atoms with Crippen molar-refractivity contribution in [3.63, 3.8) is 0 Å². The van der Waals surface area contributed by atoms with Crippen LogP contribution in [0.4, 0.5) is 11.4 Å². The summed E-state index contributed by atoms with van der Waals surface area (Å²) in [6, 6.07) is 5.72. The molecule has 0 aliphatic rings. The normalized spacial score (nSPS) is 11.9. The Balaban J connectivity index is 2.77. The van der Waals surface area contributed by atoms with E-state index in [1.54, 1.807) is 0 Å². The van der Waals surface area contributed by atoms with Crippen LogP contribution in [0.3, 0.4) is 0 Å². The first-order valence-corrected chi connectivity index (χ1v) is 8.05. The molecule has 1 N–H and O–H groups in total. The van der Waals surface area contributed by atoms with E-state index < -0.39 is 19.7 Å². The molecule has 1 aromatic carbocycles. The lowest BCUT2D eigenvalue weighted by Gasteiger charge is -2.21. The lowest BCUT2D eigenvalue weighted by Crippen LogP contribution is -2.34. The third-order valence-corrected chi connectivity index (χ3v) is 5.31. The molecule has 0 amide bonds. The number of pyridine rings is 1. The molecule has 0 aliphatic heterocycles. The maximum Gasteiger partial charge on any atom is 0.270 e. The van der Waals surface area contributed by atoms with Crippen molar-refractivity contribution in [3.8, 4) is 6.07 Å². The number of nitro groups is 1. The summed E-state index contributed by atoms with van der Waals surface area (Å²) in [6.45, 7) is 4.52. The second kappa shape index (κ2) is 5.48. The summed E-state index contributed by atoms with van der Waals surface area (Å²) in [4.78, 5) is 14.4. The van der Waals surface area contributed by atoms with Crippen LogP contribution in [-0.2, 0) is 10.0 Å². The molecule has 2 aromatic rings. The van der Waals surface area contributed by atoms with Crippen LogP contribution >= 0.6 is 0 Å². The van der Waals surface area contributed by atoms with Crippen LogP contribution in [0.15, 0.2) is 24.4 Å². The Bertz CT molecular complexity index is 940. The maximum absolute atomic E-state index is 12.4. The molecule has 1 heterocycles. The van der Waals surface area contributed by atoms with Crippen molar-refractivity contribution in [2.75, 3.05) is 4.72 Å². The highest BCUT2D eigenvalue weighted by atomic mass is 32.2. The summed E-state index contributed by atoms with van der Waals surface area (Å²) in [7, 11) is -3.81. The Morgan fingerprint density at radius 2 is 2.00 bits per heavy atom. The summed E-state index contributed by atoms with van der Waals surface area (Å²) >= 11 is 0. The van der Waals surface area contributed by atoms with E-state index in [1.807, 2.05) is 6.07 Å². The Labute approximate surface area is 133 Å². The lowest BCUT2D eigenvalue weighted by molar-refractivity contribution is -0.384. The zero-order chi connectivity index (χ0) is 17.4. The standard InChI is InChI=1S/C14H14N4O4S/c1-14(2,3)23(21,22)17-13-9(7-15)8-16-12-5-4-10(18(19)20)6-11(12)13/h4-6,8H,1-3H3,(H,16,17). The Morgan fingerprint density at radius 1 is 1.35 bits per heavy atom. The van der Waals surface area contributed by atoms with Crippen LogP contribution in [-0.4, -0.2) is 23.1 Å². The third-order valence-electron chi connectivity index (χ3n) is 3.23. The first kappa shape index (κ1) is 16.6. The fourth-order valence-electron chi connectivity index (χ4n) is 1.78. The quantitative estimate of drug-likeness (QED) is 0.679. The predicted molar refractivity (Wildman–Crippen MR) is 85.4 cm³/mol. The molecule has 8 nitrogen and oxygen atoms in total. The molecule has 9 heteroatoms. The van der Waals surface area contributed by atoms with Gasteiger partial charge >= 0.3 is 0 Å². The second-order valence-corrected chi connectivity index (χ2v) is 8.27. The summed E-state index contributed by atoms with van der Waals surface area (Å²) in [6.07, 6.45) is 1.23. The van der Waals surface area contributed by atoms with Crippen molar-refractivity contribution in [3.05, 3.63) is 40.1 Å². The van der Waals surface area contributed by atoms with E-state index in [-0.39, 0.29) is 22.3 Å². The zero-order valence-electron chi connectivity index (χ0n) is 12.7. The molecule has 2 rings (SSSR count). The molecule has 0 fully saturated rings. The number of hydrogen-bond acceptors (Lipinski definition) is 6. The highest BCUT2D eigenvalue weighted by Gasteiger charge is 2.30. The fraction of sp³-hybridized carbons (Fsp3) is 0.286. The molecule has 120 valence electrons. The van der Waals surface area contributed by atoms with Gasteiger partial charge in [-0.2, -0.15) is 5.26 Å². The number of non-ortho nitro benzene ring substituents is 1. The van der Waals surface area contributed by atoms with Crippen LogP contribution < -0.4 is 4.72 Å². The van der Waals surface area contributed by atoms with Gasteiger partial charge in [0.25, 0.3) is 5.69 Å². The van der Waals surface area contributed by atoms with Gasteiger partial charge in [-0.3, -0.25) is 19.8 Å². The molecule has 0 saturated heterocycles. The number of nitriles is 1. The van der Waals surface area contributed by atoms with Crippen LogP contribution in [0.25, 0.3) is 10.9 Å². The number of sulfonamides is 1. The van der Waals surface area contributed by atoms with Gasteiger partial charge in [0, 0.05) is 23.7 Å². The first-order chi connectivity index (χ1) is 10.6. The molecule has 0 atom stereocenters. The molecule has 1 aromatic heterocycles. The second-order valence-electron chi connectivity index (χ2n) is 5.84. The predicted octanol–water partition coefficient (Wildman–Crippen LogP) is 2.55. The molecule has 0 saturated carbocycles. The van der Waals surface area contributed by atoms with Gasteiger partial charge in [-0.25, -0.2) is 8.42 Å². The van der Waals surface area contributed by atoms with Crippen LogP contribution in [0, 0.1) is 21.4 Å². The number of nitrogens with one attached hydrogen (secondary N) is 1. The largest absolute Gasteiger partial charge is 0.281 e. The maximum atomic E-state index is 12.4. The third kappa shape index (κ3) is 3.07. The average molecular weight is 334 g/mol. The number of nitro benzene ring substituents is 1. The van der Waals surface area contributed by atoms with Crippen molar-refractivity contribution in [1.82, 2.24) is 4.98 Å². The van der Waals surface area contributed by atoms with Crippen LogP contribution in [0.1, 0.15) is 26.3 Å². The van der Waals surface area contributed by atoms with Crippen molar-refractivity contribution in [1.29, 1.82) is 5.26 Å². The van der Waals surface area contributed by atoms with Gasteiger partial charge < -0.3 is 0 Å². The first-order valence-electron chi connectivity index (χ1n) is 6.56. The van der Waals surface area contributed by atoms with Crippen molar-refractivity contribution >= 4 is 32.3 Å². The molecular formula is C14H14N4O4S. The molecule has 23 heavy (non-hydrogen) atoms. The van der Waals surface area contributed by atoms with Gasteiger partial charge in [0.1, 0.15) is 6.07 Å². The monoisotopic (exact) mass is 334 g/mol. The van der Waals surface area contributed by atoms with E-state index in [2.05, 4.69) is 9.71 Å². The van der Waals surface area contributed by atoms with Crippen molar-refractivity contribution in [2.24, 2.45) is 0 Å². The number of aromatic nitrogens is 1. The average Bonchev–Trinajstić information content (AvgIpc) is 2.45. The molecule has 0 aliphatic carbocycles. The Morgan fingerprint density at radius 3 is 2.52 bits per heavy atom. The van der Waals surface area contributed by atoms with E-state index in [4.69, 9.17) is 0 Å². The number of benzene rings is 1. The molecule has 0 bridgehead atoms. The summed E-state index contributed by atoms with van der Waals surface area (Å²) in [5.41, 5.74) is 0.119. The zero-order valence-corrected chi connectivity index (χ0v) is 13.5. The summed E-state index contributed by atoms with van der Waals surface area (Å²) < 4.78 is 26.0. The lowest BCUT2D eigenvalue weighted by atomic mass is 10.1. The smallest absolute Gasteiger partial charge is 0.270 e. The van der Waals surface area contributed by atoms with Gasteiger partial charge in [0.15, 0.2) is 0 Å². The Kier molecular flexibility index (Phi) is 3.96. The number of hydrogen-bond donors (Lipinski definition) is 1. The topological polar surface area (TPSA) is 126 Å². The number of rotatable bonds is 3. The minimum atomic E-state index is -3.81. The molecule has 0 radical (unpaired) electrons. The van der Waals surface area contributed by atoms with Crippen molar-refractivity contribution in [2.45, 2.75) is 25.5 Å². The number of fused-ring (bicyclic) bond motifs is 1. The molecule has 0 unspecified atom stereocenters. The number of anilines is 1. The molecule has 0 spiro atoms. The van der Waals surface area contributed by atoms with Gasteiger partial charge in [-0.1, -0.05) is 0 Å². The van der Waals surface area contributed by atoms with E-state index >= 15 is 0 Å². The van der Waals surface area contributed by atoms with E-state index in [0.717, 1.165) is 0 Å². The SMILES string of the molecule is CC(C)(C)S(=O)(=O)Nc1c(C#N)cnc2ccc([N+](=O)[O-])cc12. The molecular weight excluding hydrogens is 320 g/mol. The minimum absolute atomic E-state index is 0.00359. The van der Waals surface area contributed by atoms with Gasteiger partial charge in [0.2, 0.25) is 10.0 Å². The fourth-order valence-corrected chi connectivity index (χ4v) is 2.57. The van der Waals surface area contributed by atoms with Crippen LogP contribution in [0.2, 0.25) is 0 Å². The van der Waals surface area contributed by atoms with Gasteiger partial charge in [-0.05, 0) is 26.8 Å². The highest BCUT2D eigenvalue weighted by Crippen LogP contribution is 2.31. The van der Waals surface area contributed by atoms with E-state index in [0.29, 0.717) is 5.52 Å². The van der Waals surface area contributed by atoms with E-state index in [1.165, 1.54) is 45.2 Å². The van der Waals surface area contributed by atoms with Crippen LogP contribution in [0.5, 0.6) is 0 Å². The summed E-state index contributed by atoms with van der Waals surface area (Å²) in [5.74, 6) is 0. The van der Waals surface area contributed by atoms with Gasteiger partial charge in [0.05, 0.1) is 26.4 Å². The highest BCUT2D eigenvalue weighted by molar-refractivity contribution is 7.94. The number of nitrogens with zero attached hydrogens (tertiary/aromatic N) is 3. The van der Waals surface area contributed by atoms with Gasteiger partial charge in [-0.15, -0.1) is 0 Å².